The predicted molar refractivity (Wildman–Crippen MR) is 82.2 cm³/mol. The van der Waals surface area contributed by atoms with E-state index in [1.165, 1.54) is 38.5 Å². The Morgan fingerprint density at radius 2 is 1.36 bits per heavy atom. The number of carbonyl (C=O) groups is 2. The van der Waals surface area contributed by atoms with Gasteiger partial charge in [0.05, 0.1) is 0 Å². The topological polar surface area (TPSA) is 74.6 Å². The molecule has 0 fully saturated rings. The van der Waals surface area contributed by atoms with Crippen LogP contribution in [0.25, 0.3) is 0 Å². The molecule has 0 bridgehead atoms. The van der Waals surface area contributed by atoms with Crippen molar-refractivity contribution < 1.29 is 71.2 Å². The van der Waals surface area contributed by atoms with Crippen LogP contribution in [0.2, 0.25) is 0 Å². The number of ketones is 2. The van der Waals surface area contributed by atoms with E-state index in [9.17, 15) is 19.8 Å². The second-order valence-electron chi connectivity index (χ2n) is 5.63. The zero-order valence-corrected chi connectivity index (χ0v) is 17.0. The number of aliphatic hydroxyl groups excluding tert-OH is 2. The minimum Gasteiger partial charge on any atom is -0.504 e. The average molecular weight is 333 g/mol. The van der Waals surface area contributed by atoms with Crippen LogP contribution in [0.1, 0.15) is 71.1 Å². The van der Waals surface area contributed by atoms with Gasteiger partial charge in [0, 0.05) is 11.6 Å². The monoisotopic (exact) mass is 333 g/mol. The van der Waals surface area contributed by atoms with Gasteiger partial charge in [-0.2, -0.15) is 0 Å². The van der Waals surface area contributed by atoms with Gasteiger partial charge in [0.1, 0.15) is 0 Å². The summed E-state index contributed by atoms with van der Waals surface area (Å²) in [6.45, 7) is 2.20. The van der Waals surface area contributed by atoms with Crippen molar-refractivity contribution in [1.29, 1.82) is 0 Å². The van der Waals surface area contributed by atoms with Crippen LogP contribution in [0.3, 0.4) is 0 Å². The van der Waals surface area contributed by atoms with Crippen molar-refractivity contribution in [3.8, 4) is 0 Å². The molecule has 0 aromatic rings. The summed E-state index contributed by atoms with van der Waals surface area (Å²) in [5, 5.41) is 18.9. The molecule has 0 heterocycles. The van der Waals surface area contributed by atoms with E-state index in [4.69, 9.17) is 0 Å². The van der Waals surface area contributed by atoms with E-state index in [0.717, 1.165) is 25.3 Å². The van der Waals surface area contributed by atoms with E-state index in [1.807, 2.05) is 0 Å². The number of Topliss-reactive ketones (excluding diaryl/α,β-unsaturated/α-hetero) is 1. The van der Waals surface area contributed by atoms with Crippen LogP contribution in [-0.4, -0.2) is 21.8 Å². The normalized spacial score (nSPS) is 14.9. The summed E-state index contributed by atoms with van der Waals surface area (Å²) in [5.74, 6) is -2.37. The molecule has 0 atom stereocenters. The minimum atomic E-state index is -0.682. The number of hydrogen-bond acceptors (Lipinski definition) is 4. The Balaban J connectivity index is 0.00000441. The van der Waals surface area contributed by atoms with Crippen molar-refractivity contribution in [3.05, 3.63) is 23.2 Å². The van der Waals surface area contributed by atoms with Crippen molar-refractivity contribution in [1.82, 2.24) is 0 Å². The van der Waals surface area contributed by atoms with Gasteiger partial charge < -0.3 is 10.2 Å². The fourth-order valence-electron chi connectivity index (χ4n) is 2.51. The van der Waals surface area contributed by atoms with Gasteiger partial charge in [-0.3, -0.25) is 9.59 Å². The largest absolute Gasteiger partial charge is 1.00 e. The quantitative estimate of drug-likeness (QED) is 0.359. The van der Waals surface area contributed by atoms with E-state index in [-0.39, 0.29) is 57.0 Å². The summed E-state index contributed by atoms with van der Waals surface area (Å²) < 4.78 is 0. The van der Waals surface area contributed by atoms with Crippen LogP contribution in [-0.2, 0) is 9.59 Å². The average Bonchev–Trinajstić information content (AvgIpc) is 2.46. The van der Waals surface area contributed by atoms with E-state index in [1.54, 1.807) is 0 Å². The fourth-order valence-corrected chi connectivity index (χ4v) is 2.51. The number of rotatable bonds is 10. The van der Waals surface area contributed by atoms with Gasteiger partial charge in [-0.05, 0) is 12.8 Å². The Bertz CT molecular complexity index is 438. The molecule has 0 unspecified atom stereocenters. The molecule has 0 aromatic heterocycles. The first-order chi connectivity index (χ1) is 10.1. The van der Waals surface area contributed by atoms with Crippen molar-refractivity contribution in [2.24, 2.45) is 0 Å². The number of hydrogen-bond donors (Lipinski definition) is 2. The molecule has 0 amide bonds. The summed E-state index contributed by atoms with van der Waals surface area (Å²) >= 11 is 0. The van der Waals surface area contributed by atoms with Gasteiger partial charge in [-0.1, -0.05) is 58.3 Å². The first-order valence-electron chi connectivity index (χ1n) is 7.99. The fraction of sp³-hybridized carbons (Fsp3) is 0.647. The van der Waals surface area contributed by atoms with E-state index >= 15 is 0 Å². The zero-order chi connectivity index (χ0) is 15.7. The van der Waals surface area contributed by atoms with Gasteiger partial charge in [-0.25, -0.2) is 0 Å². The van der Waals surface area contributed by atoms with E-state index in [2.05, 4.69) is 6.92 Å². The molecule has 0 saturated heterocycles. The van der Waals surface area contributed by atoms with Gasteiger partial charge in [-0.15, -0.1) is 0 Å². The molecule has 0 aliphatic heterocycles. The van der Waals surface area contributed by atoms with Crippen LogP contribution < -0.4 is 51.4 Å². The third-order valence-corrected chi connectivity index (χ3v) is 3.82. The Hall–Kier alpha value is 0.0564. The van der Waals surface area contributed by atoms with Crippen molar-refractivity contribution in [2.45, 2.75) is 71.1 Å². The van der Waals surface area contributed by atoms with Crippen LogP contribution in [0.15, 0.2) is 23.2 Å². The summed E-state index contributed by atoms with van der Waals surface area (Å²) in [4.78, 5) is 23.0. The van der Waals surface area contributed by atoms with Gasteiger partial charge in [0.25, 0.3) is 0 Å². The Morgan fingerprint density at radius 3 is 1.91 bits per heavy atom. The SMILES string of the molecule is CCCCCCCCCCCC1=C(O)C(=O)C=C(O)C1=O.[K+]. The van der Waals surface area contributed by atoms with Crippen molar-refractivity contribution >= 4 is 11.6 Å². The maximum absolute atomic E-state index is 11.7. The standard InChI is InChI=1S/C17H26O4.K/c1-2-3-4-5-6-7-8-9-10-11-13-16(20)14(18)12-15(19)17(13)21;/h12,18,21H,2-11H2,1H3;/q;+1. The molecular weight excluding hydrogens is 307 g/mol. The molecule has 5 heteroatoms. The van der Waals surface area contributed by atoms with Crippen LogP contribution >= 0.6 is 0 Å². The molecule has 0 radical (unpaired) electrons. The van der Waals surface area contributed by atoms with Gasteiger partial charge in [0.15, 0.2) is 11.5 Å². The second kappa shape index (κ2) is 12.5. The molecule has 118 valence electrons. The third-order valence-electron chi connectivity index (χ3n) is 3.82. The molecule has 1 aliphatic rings. The molecule has 0 saturated carbocycles. The van der Waals surface area contributed by atoms with Crippen molar-refractivity contribution in [2.75, 3.05) is 0 Å². The van der Waals surface area contributed by atoms with Gasteiger partial charge in [0.2, 0.25) is 11.6 Å². The maximum atomic E-state index is 11.7. The first kappa shape index (κ1) is 22.1. The molecule has 4 nitrogen and oxygen atoms in total. The number of allylic oxidation sites excluding steroid dienone is 2. The molecule has 1 aliphatic carbocycles. The number of unbranched alkanes of at least 4 members (excludes halogenated alkanes) is 8. The Kier molecular flexibility index (Phi) is 12.5. The van der Waals surface area contributed by atoms with Crippen LogP contribution in [0.4, 0.5) is 0 Å². The summed E-state index contributed by atoms with van der Waals surface area (Å²) in [7, 11) is 0. The summed E-state index contributed by atoms with van der Waals surface area (Å²) in [5.41, 5.74) is 0.0583. The maximum Gasteiger partial charge on any atom is 1.00 e. The number of aliphatic hydroxyl groups is 2. The minimum absolute atomic E-state index is 0. The molecule has 0 spiro atoms. The van der Waals surface area contributed by atoms with Crippen LogP contribution in [0, 0.1) is 0 Å². The molecule has 2 N–H and O–H groups in total. The molecule has 22 heavy (non-hydrogen) atoms. The molecule has 0 aromatic carbocycles. The first-order valence-corrected chi connectivity index (χ1v) is 7.99. The molecule has 1 rings (SSSR count). The van der Waals surface area contributed by atoms with Crippen molar-refractivity contribution in [3.63, 3.8) is 0 Å². The smallest absolute Gasteiger partial charge is 0.504 e. The summed E-state index contributed by atoms with van der Waals surface area (Å²) in [6, 6.07) is 0. The third kappa shape index (κ3) is 7.55. The second-order valence-corrected chi connectivity index (χ2v) is 5.63. The van der Waals surface area contributed by atoms with E-state index in [0.29, 0.717) is 6.42 Å². The molecular formula is C17H26KO4+. The van der Waals surface area contributed by atoms with E-state index < -0.39 is 23.1 Å². The Labute approximate surface area is 175 Å². The Morgan fingerprint density at radius 1 is 0.864 bits per heavy atom. The number of carbonyl (C=O) groups excluding carboxylic acids is 2. The van der Waals surface area contributed by atoms with Crippen LogP contribution in [0.5, 0.6) is 0 Å². The van der Waals surface area contributed by atoms with Gasteiger partial charge >= 0.3 is 51.4 Å². The summed E-state index contributed by atoms with van der Waals surface area (Å²) in [6.07, 6.45) is 11.5. The predicted octanol–water partition coefficient (Wildman–Crippen LogP) is 1.32. The zero-order valence-electron chi connectivity index (χ0n) is 13.9.